The summed E-state index contributed by atoms with van der Waals surface area (Å²) in [5, 5.41) is 6.35. The van der Waals surface area contributed by atoms with Crippen LogP contribution in [0.1, 0.15) is 44.3 Å². The van der Waals surface area contributed by atoms with Gasteiger partial charge >= 0.3 is 0 Å². The average Bonchev–Trinajstić information content (AvgIpc) is 3.25. The van der Waals surface area contributed by atoms with Crippen LogP contribution in [0.2, 0.25) is 0 Å². The van der Waals surface area contributed by atoms with Crippen LogP contribution in [0.3, 0.4) is 0 Å². The van der Waals surface area contributed by atoms with Gasteiger partial charge in [-0.05, 0) is 49.2 Å². The van der Waals surface area contributed by atoms with Gasteiger partial charge in [-0.1, -0.05) is 34.1 Å². The Hall–Kier alpha value is -2.38. The summed E-state index contributed by atoms with van der Waals surface area (Å²) < 4.78 is 6.02. The van der Waals surface area contributed by atoms with Gasteiger partial charge in [0.1, 0.15) is 0 Å². The highest BCUT2D eigenvalue weighted by Gasteiger charge is 2.19. The molecule has 1 atom stereocenters. The van der Waals surface area contributed by atoms with Gasteiger partial charge in [0, 0.05) is 4.47 Å². The second-order valence-electron chi connectivity index (χ2n) is 5.77. The number of benzene rings is 1. The number of carbonyl (C=O) groups excluding carboxylic acids is 2. The summed E-state index contributed by atoms with van der Waals surface area (Å²) in [5.41, 5.74) is 1.81. The molecule has 0 aliphatic carbocycles. The molecule has 0 saturated heterocycles. The van der Waals surface area contributed by atoms with E-state index in [0.717, 1.165) is 15.6 Å². The number of amides is 2. The highest BCUT2D eigenvalue weighted by Crippen LogP contribution is 2.29. The largest absolute Gasteiger partial charge is 0.459 e. The summed E-state index contributed by atoms with van der Waals surface area (Å²) in [7, 11) is 0. The maximum absolute atomic E-state index is 12.6. The third-order valence-electron chi connectivity index (χ3n) is 3.83. The van der Waals surface area contributed by atoms with Crippen molar-refractivity contribution in [2.24, 2.45) is 0 Å². The van der Waals surface area contributed by atoms with Crippen LogP contribution in [0.5, 0.6) is 0 Å². The molecule has 2 aromatic heterocycles. The highest BCUT2D eigenvalue weighted by molar-refractivity contribution is 9.10. The van der Waals surface area contributed by atoms with Gasteiger partial charge in [-0.3, -0.25) is 9.59 Å². The molecule has 5 nitrogen and oxygen atoms in total. The lowest BCUT2D eigenvalue weighted by Crippen LogP contribution is -2.26. The zero-order valence-corrected chi connectivity index (χ0v) is 16.6. The zero-order valence-electron chi connectivity index (χ0n) is 14.2. The zero-order chi connectivity index (χ0) is 18.7. The van der Waals surface area contributed by atoms with Crippen LogP contribution in [-0.4, -0.2) is 11.8 Å². The van der Waals surface area contributed by atoms with Gasteiger partial charge in [0.2, 0.25) is 0 Å². The van der Waals surface area contributed by atoms with Crippen LogP contribution in [0.4, 0.5) is 5.00 Å². The summed E-state index contributed by atoms with van der Waals surface area (Å²) in [4.78, 5) is 25.3. The van der Waals surface area contributed by atoms with Gasteiger partial charge in [-0.15, -0.1) is 11.3 Å². The smallest absolute Gasteiger partial charge is 0.291 e. The molecular formula is C19H17BrN2O3S. The quantitative estimate of drug-likeness (QED) is 0.584. The summed E-state index contributed by atoms with van der Waals surface area (Å²) in [6.45, 7) is 3.78. The predicted octanol–water partition coefficient (Wildman–Crippen LogP) is 5.16. The Bertz CT molecular complexity index is 934. The van der Waals surface area contributed by atoms with E-state index in [1.165, 1.54) is 17.6 Å². The van der Waals surface area contributed by atoms with Gasteiger partial charge in [-0.2, -0.15) is 0 Å². The van der Waals surface area contributed by atoms with E-state index in [1.807, 2.05) is 38.1 Å². The molecule has 0 bridgehead atoms. The molecule has 2 heterocycles. The lowest BCUT2D eigenvalue weighted by atomic mass is 10.1. The first kappa shape index (κ1) is 18.4. The SMILES string of the molecule is Cc1cc(NC(=O)c2ccco2)sc1C(=O)N[C@H](C)c1ccccc1Br. The number of furan rings is 1. The fourth-order valence-corrected chi connectivity index (χ4v) is 4.12. The number of halogens is 1. The van der Waals surface area contributed by atoms with Gasteiger partial charge in [0.15, 0.2) is 5.76 Å². The molecule has 0 saturated carbocycles. The van der Waals surface area contributed by atoms with Gasteiger partial charge in [0.05, 0.1) is 22.2 Å². The van der Waals surface area contributed by atoms with Gasteiger partial charge in [-0.25, -0.2) is 0 Å². The molecule has 3 rings (SSSR count). The van der Waals surface area contributed by atoms with E-state index < -0.39 is 0 Å². The number of hydrogen-bond donors (Lipinski definition) is 2. The Labute approximate surface area is 163 Å². The van der Waals surface area contributed by atoms with Gasteiger partial charge < -0.3 is 15.1 Å². The third-order valence-corrected chi connectivity index (χ3v) is 5.70. The molecule has 0 radical (unpaired) electrons. The molecule has 0 aliphatic heterocycles. The highest BCUT2D eigenvalue weighted by atomic mass is 79.9. The summed E-state index contributed by atoms with van der Waals surface area (Å²) in [6.07, 6.45) is 1.44. The minimum Gasteiger partial charge on any atom is -0.459 e. The standard InChI is InChI=1S/C19H17BrN2O3S/c1-11-10-16(22-18(23)15-8-5-9-25-15)26-17(11)19(24)21-12(2)13-6-3-4-7-14(13)20/h3-10,12H,1-2H3,(H,21,24)(H,22,23)/t12-/m1/s1. The van der Waals surface area contributed by atoms with Crippen molar-refractivity contribution in [1.29, 1.82) is 0 Å². The Morgan fingerprint density at radius 3 is 2.62 bits per heavy atom. The van der Waals surface area contributed by atoms with Crippen molar-refractivity contribution < 1.29 is 14.0 Å². The van der Waals surface area contributed by atoms with Crippen LogP contribution in [0.15, 0.2) is 57.6 Å². The van der Waals surface area contributed by atoms with Crippen molar-refractivity contribution in [3.05, 3.63) is 75.0 Å². The van der Waals surface area contributed by atoms with Gasteiger partial charge in [0.25, 0.3) is 11.8 Å². The van der Waals surface area contributed by atoms with Crippen molar-refractivity contribution in [2.75, 3.05) is 5.32 Å². The Balaban J connectivity index is 1.71. The second kappa shape index (κ2) is 7.88. The first-order valence-electron chi connectivity index (χ1n) is 7.96. The molecular weight excluding hydrogens is 416 g/mol. The number of thiophene rings is 1. The van der Waals surface area contributed by atoms with E-state index in [9.17, 15) is 9.59 Å². The minimum absolute atomic E-state index is 0.152. The minimum atomic E-state index is -0.343. The molecule has 3 aromatic rings. The van der Waals surface area contributed by atoms with E-state index in [0.29, 0.717) is 9.88 Å². The second-order valence-corrected chi connectivity index (χ2v) is 7.68. The number of hydrogen-bond acceptors (Lipinski definition) is 4. The molecule has 0 unspecified atom stereocenters. The number of anilines is 1. The summed E-state index contributed by atoms with van der Waals surface area (Å²) in [5.74, 6) is -0.288. The van der Waals surface area contributed by atoms with Crippen LogP contribution in [0.25, 0.3) is 0 Å². The summed E-state index contributed by atoms with van der Waals surface area (Å²) in [6, 6.07) is 12.6. The predicted molar refractivity (Wildman–Crippen MR) is 106 cm³/mol. The van der Waals surface area contributed by atoms with Crippen LogP contribution < -0.4 is 10.6 Å². The first-order valence-corrected chi connectivity index (χ1v) is 9.57. The molecule has 0 aliphatic rings. The van der Waals surface area contributed by atoms with E-state index >= 15 is 0 Å². The van der Waals surface area contributed by atoms with Crippen LogP contribution >= 0.6 is 27.3 Å². The van der Waals surface area contributed by atoms with E-state index in [1.54, 1.807) is 18.2 Å². The Kier molecular flexibility index (Phi) is 5.58. The third kappa shape index (κ3) is 4.05. The molecule has 2 N–H and O–H groups in total. The van der Waals surface area contributed by atoms with Crippen LogP contribution in [0, 0.1) is 6.92 Å². The van der Waals surface area contributed by atoms with Crippen molar-refractivity contribution in [2.45, 2.75) is 19.9 Å². The van der Waals surface area contributed by atoms with Crippen molar-refractivity contribution in [1.82, 2.24) is 5.32 Å². The number of carbonyl (C=O) groups is 2. The molecule has 0 spiro atoms. The van der Waals surface area contributed by atoms with Crippen molar-refractivity contribution >= 4 is 44.1 Å². The molecule has 134 valence electrons. The van der Waals surface area contributed by atoms with Crippen molar-refractivity contribution in [3.63, 3.8) is 0 Å². The number of rotatable bonds is 5. The Morgan fingerprint density at radius 1 is 1.15 bits per heavy atom. The lowest BCUT2D eigenvalue weighted by Gasteiger charge is -2.15. The fraction of sp³-hybridized carbons (Fsp3) is 0.158. The van der Waals surface area contributed by atoms with E-state index in [4.69, 9.17) is 4.42 Å². The molecule has 1 aromatic carbocycles. The van der Waals surface area contributed by atoms with E-state index in [2.05, 4.69) is 26.6 Å². The van der Waals surface area contributed by atoms with Crippen molar-refractivity contribution in [3.8, 4) is 0 Å². The van der Waals surface area contributed by atoms with E-state index in [-0.39, 0.29) is 23.6 Å². The molecule has 26 heavy (non-hydrogen) atoms. The summed E-state index contributed by atoms with van der Waals surface area (Å²) >= 11 is 4.74. The first-order chi connectivity index (χ1) is 12.5. The molecule has 7 heteroatoms. The fourth-order valence-electron chi connectivity index (χ4n) is 2.52. The topological polar surface area (TPSA) is 71.3 Å². The van der Waals surface area contributed by atoms with Crippen LogP contribution in [-0.2, 0) is 0 Å². The Morgan fingerprint density at radius 2 is 1.92 bits per heavy atom. The number of nitrogens with one attached hydrogen (secondary N) is 2. The lowest BCUT2D eigenvalue weighted by molar-refractivity contribution is 0.0942. The molecule has 2 amide bonds. The monoisotopic (exact) mass is 432 g/mol. The maximum atomic E-state index is 12.6. The normalized spacial score (nSPS) is 11.8. The number of aryl methyl sites for hydroxylation is 1. The average molecular weight is 433 g/mol. The maximum Gasteiger partial charge on any atom is 0.291 e. The molecule has 0 fully saturated rings.